The van der Waals surface area contributed by atoms with Gasteiger partial charge in [0, 0.05) is 22.5 Å². The Morgan fingerprint density at radius 2 is 1.83 bits per heavy atom. The van der Waals surface area contributed by atoms with Gasteiger partial charge in [-0.1, -0.05) is 11.6 Å². The number of anilines is 4. The van der Waals surface area contributed by atoms with Crippen LogP contribution in [0.4, 0.5) is 23.3 Å². The molecular weight excluding hydrogens is 398 g/mol. The second kappa shape index (κ2) is 9.07. The van der Waals surface area contributed by atoms with Crippen LogP contribution in [-0.2, 0) is 4.79 Å². The summed E-state index contributed by atoms with van der Waals surface area (Å²) >= 11 is 5.92. The molecule has 0 bridgehead atoms. The number of nitrogens with zero attached hydrogens (tertiary/aromatic N) is 4. The highest BCUT2D eigenvalue weighted by molar-refractivity contribution is 6.30. The number of rotatable bonds is 8. The predicted molar refractivity (Wildman–Crippen MR) is 109 cm³/mol. The number of benzene rings is 2. The summed E-state index contributed by atoms with van der Waals surface area (Å²) in [7, 11) is 3.09. The zero-order chi connectivity index (χ0) is 20.8. The van der Waals surface area contributed by atoms with Gasteiger partial charge >= 0.3 is 5.97 Å². The highest BCUT2D eigenvalue weighted by atomic mass is 35.5. The van der Waals surface area contributed by atoms with Crippen LogP contribution in [0.15, 0.2) is 48.8 Å². The van der Waals surface area contributed by atoms with Crippen molar-refractivity contribution < 1.29 is 19.4 Å². The summed E-state index contributed by atoms with van der Waals surface area (Å²) in [6, 6.07) is 12.0. The number of carboxylic acids is 1. The third kappa shape index (κ3) is 5.02. The second-order valence-corrected chi connectivity index (χ2v) is 6.20. The molecule has 29 heavy (non-hydrogen) atoms. The Labute approximate surface area is 171 Å². The Hall–Kier alpha value is -3.59. The maximum atomic E-state index is 11.3. The summed E-state index contributed by atoms with van der Waals surface area (Å²) in [5.74, 6) is 0.513. The number of nitrogens with one attached hydrogen (secondary N) is 1. The van der Waals surface area contributed by atoms with E-state index in [1.165, 1.54) is 11.2 Å². The number of aliphatic carboxylic acids is 1. The second-order valence-electron chi connectivity index (χ2n) is 5.76. The van der Waals surface area contributed by atoms with Gasteiger partial charge in [0.05, 0.1) is 14.2 Å². The molecule has 0 fully saturated rings. The molecule has 150 valence electrons. The van der Waals surface area contributed by atoms with Crippen molar-refractivity contribution in [2.75, 3.05) is 31.0 Å². The van der Waals surface area contributed by atoms with E-state index in [1.54, 1.807) is 56.7 Å². The summed E-state index contributed by atoms with van der Waals surface area (Å²) in [5, 5.41) is 12.9. The molecular formula is C19H18ClN5O4. The highest BCUT2D eigenvalue weighted by Gasteiger charge is 2.17. The lowest BCUT2D eigenvalue weighted by Crippen LogP contribution is -2.27. The van der Waals surface area contributed by atoms with E-state index in [0.717, 1.165) is 0 Å². The van der Waals surface area contributed by atoms with Crippen LogP contribution in [0.1, 0.15) is 0 Å². The Kier molecular flexibility index (Phi) is 6.30. The summed E-state index contributed by atoms with van der Waals surface area (Å²) in [5.41, 5.74) is 1.25. The largest absolute Gasteiger partial charge is 0.493 e. The molecule has 0 spiro atoms. The molecule has 3 aromatic rings. The first-order chi connectivity index (χ1) is 14.0. The molecule has 0 saturated heterocycles. The molecule has 0 aliphatic carbocycles. The molecule has 0 aliphatic heterocycles. The van der Waals surface area contributed by atoms with Crippen molar-refractivity contribution in [2.24, 2.45) is 0 Å². The Bertz CT molecular complexity index is 1000. The number of halogens is 1. The molecule has 0 radical (unpaired) electrons. The standard InChI is InChI=1S/C19H18ClN5O4/c1-28-15-8-5-13(9-16(15)29-2)23-18-21-11-22-19(24-18)25(10-17(26)27)14-6-3-12(20)4-7-14/h3-9,11H,10H2,1-2H3,(H,26,27)(H,21,22,23,24). The molecule has 0 aliphatic rings. The highest BCUT2D eigenvalue weighted by Crippen LogP contribution is 2.31. The van der Waals surface area contributed by atoms with Crippen molar-refractivity contribution in [1.82, 2.24) is 15.0 Å². The van der Waals surface area contributed by atoms with Gasteiger partial charge in [0.1, 0.15) is 12.9 Å². The van der Waals surface area contributed by atoms with Crippen LogP contribution in [0.5, 0.6) is 11.5 Å². The van der Waals surface area contributed by atoms with Gasteiger partial charge in [0.2, 0.25) is 11.9 Å². The van der Waals surface area contributed by atoms with E-state index in [2.05, 4.69) is 20.3 Å². The number of aromatic nitrogens is 3. The van der Waals surface area contributed by atoms with Crippen molar-refractivity contribution in [3.8, 4) is 11.5 Å². The van der Waals surface area contributed by atoms with Crippen LogP contribution in [0.3, 0.4) is 0 Å². The molecule has 1 aromatic heterocycles. The van der Waals surface area contributed by atoms with E-state index in [-0.39, 0.29) is 18.4 Å². The van der Waals surface area contributed by atoms with Gasteiger partial charge in [0.25, 0.3) is 0 Å². The number of carbonyl (C=O) groups is 1. The van der Waals surface area contributed by atoms with Crippen LogP contribution >= 0.6 is 11.6 Å². The van der Waals surface area contributed by atoms with Gasteiger partial charge in [-0.05, 0) is 36.4 Å². The van der Waals surface area contributed by atoms with Gasteiger partial charge in [-0.15, -0.1) is 0 Å². The maximum Gasteiger partial charge on any atom is 0.323 e. The van der Waals surface area contributed by atoms with E-state index in [1.807, 2.05) is 0 Å². The summed E-state index contributed by atoms with van der Waals surface area (Å²) in [6.07, 6.45) is 1.30. The molecule has 1 heterocycles. The summed E-state index contributed by atoms with van der Waals surface area (Å²) in [6.45, 7) is -0.332. The summed E-state index contributed by atoms with van der Waals surface area (Å²) in [4.78, 5) is 25.4. The fourth-order valence-electron chi connectivity index (χ4n) is 2.55. The minimum Gasteiger partial charge on any atom is -0.493 e. The number of methoxy groups -OCH3 is 2. The molecule has 0 saturated carbocycles. The molecule has 0 amide bonds. The zero-order valence-corrected chi connectivity index (χ0v) is 16.4. The Morgan fingerprint density at radius 3 is 2.48 bits per heavy atom. The zero-order valence-electron chi connectivity index (χ0n) is 15.7. The van der Waals surface area contributed by atoms with Crippen molar-refractivity contribution in [3.63, 3.8) is 0 Å². The van der Waals surface area contributed by atoms with Crippen LogP contribution in [0.2, 0.25) is 5.02 Å². The van der Waals surface area contributed by atoms with E-state index >= 15 is 0 Å². The number of carboxylic acid groups (broad SMARTS) is 1. The molecule has 3 rings (SSSR count). The average Bonchev–Trinajstić information content (AvgIpc) is 2.72. The minimum absolute atomic E-state index is 0.174. The van der Waals surface area contributed by atoms with E-state index in [9.17, 15) is 9.90 Å². The predicted octanol–water partition coefficient (Wildman–Crippen LogP) is 3.51. The quantitative estimate of drug-likeness (QED) is 0.571. The lowest BCUT2D eigenvalue weighted by molar-refractivity contribution is -0.135. The van der Waals surface area contributed by atoms with Crippen molar-refractivity contribution in [1.29, 1.82) is 0 Å². The van der Waals surface area contributed by atoms with Gasteiger partial charge in [-0.3, -0.25) is 9.69 Å². The van der Waals surface area contributed by atoms with E-state index in [4.69, 9.17) is 21.1 Å². The Balaban J connectivity index is 1.90. The molecule has 10 heteroatoms. The first-order valence-corrected chi connectivity index (χ1v) is 8.81. The number of hydrogen-bond acceptors (Lipinski definition) is 8. The monoisotopic (exact) mass is 415 g/mol. The molecule has 0 unspecified atom stereocenters. The molecule has 2 aromatic carbocycles. The van der Waals surface area contributed by atoms with Crippen molar-refractivity contribution in [3.05, 3.63) is 53.8 Å². The topological polar surface area (TPSA) is 110 Å². The lowest BCUT2D eigenvalue weighted by Gasteiger charge is -2.21. The van der Waals surface area contributed by atoms with E-state index in [0.29, 0.717) is 27.9 Å². The summed E-state index contributed by atoms with van der Waals surface area (Å²) < 4.78 is 10.5. The fraction of sp³-hybridized carbons (Fsp3) is 0.158. The first kappa shape index (κ1) is 20.2. The first-order valence-electron chi connectivity index (χ1n) is 8.43. The smallest absolute Gasteiger partial charge is 0.323 e. The molecule has 9 nitrogen and oxygen atoms in total. The normalized spacial score (nSPS) is 10.3. The minimum atomic E-state index is -1.03. The fourth-order valence-corrected chi connectivity index (χ4v) is 2.68. The third-order valence-electron chi connectivity index (χ3n) is 3.87. The SMILES string of the molecule is COc1ccc(Nc2ncnc(N(CC(=O)O)c3ccc(Cl)cc3)n2)cc1OC. The van der Waals surface area contributed by atoms with Crippen LogP contribution in [0.25, 0.3) is 0 Å². The lowest BCUT2D eigenvalue weighted by atomic mass is 10.3. The average molecular weight is 416 g/mol. The third-order valence-corrected chi connectivity index (χ3v) is 4.12. The van der Waals surface area contributed by atoms with E-state index < -0.39 is 5.97 Å². The molecule has 2 N–H and O–H groups in total. The maximum absolute atomic E-state index is 11.3. The van der Waals surface area contributed by atoms with Crippen molar-refractivity contribution in [2.45, 2.75) is 0 Å². The van der Waals surface area contributed by atoms with Crippen LogP contribution in [-0.4, -0.2) is 46.8 Å². The van der Waals surface area contributed by atoms with Crippen LogP contribution < -0.4 is 19.7 Å². The number of hydrogen-bond donors (Lipinski definition) is 2. The van der Waals surface area contributed by atoms with Gasteiger partial charge in [0.15, 0.2) is 11.5 Å². The molecule has 0 atom stereocenters. The van der Waals surface area contributed by atoms with Gasteiger partial charge in [-0.2, -0.15) is 4.98 Å². The van der Waals surface area contributed by atoms with Crippen LogP contribution in [0, 0.1) is 0 Å². The van der Waals surface area contributed by atoms with Crippen molar-refractivity contribution >= 4 is 40.8 Å². The number of ether oxygens (including phenoxy) is 2. The van der Waals surface area contributed by atoms with Gasteiger partial charge < -0.3 is 19.9 Å². The van der Waals surface area contributed by atoms with Gasteiger partial charge in [-0.25, -0.2) is 9.97 Å². The Morgan fingerprint density at radius 1 is 1.10 bits per heavy atom.